The third-order valence-corrected chi connectivity index (χ3v) is 5.46. The number of aromatic nitrogens is 2. The number of nitrogens with zero attached hydrogens (tertiary/aromatic N) is 2. The van der Waals surface area contributed by atoms with Crippen LogP contribution >= 0.6 is 15.9 Å². The Labute approximate surface area is 133 Å². The van der Waals surface area contributed by atoms with E-state index in [0.717, 1.165) is 22.3 Å². The lowest BCUT2D eigenvalue weighted by Crippen LogP contribution is -2.17. The molecule has 0 aliphatic carbocycles. The fourth-order valence-electron chi connectivity index (χ4n) is 2.14. The minimum atomic E-state index is -3.70. The van der Waals surface area contributed by atoms with Gasteiger partial charge in [-0.1, -0.05) is 6.07 Å². The molecule has 1 N–H and O–H groups in total. The van der Waals surface area contributed by atoms with Crippen molar-refractivity contribution >= 4 is 31.8 Å². The minimum absolute atomic E-state index is 0.191. The molecule has 5 nitrogen and oxygen atoms in total. The third kappa shape index (κ3) is 3.24. The average molecular weight is 370 g/mol. The van der Waals surface area contributed by atoms with Crippen molar-refractivity contribution in [1.29, 1.82) is 0 Å². The molecule has 0 radical (unpaired) electrons. The summed E-state index contributed by atoms with van der Waals surface area (Å²) in [6.07, 6.45) is 2.81. The molecule has 2 rings (SSSR count). The molecule has 112 valence electrons. The van der Waals surface area contributed by atoms with Crippen molar-refractivity contribution in [1.82, 2.24) is 9.97 Å². The van der Waals surface area contributed by atoms with Crippen LogP contribution in [-0.2, 0) is 10.0 Å². The second kappa shape index (κ2) is 5.73. The molecule has 0 aliphatic heterocycles. The fourth-order valence-corrected chi connectivity index (χ4v) is 3.95. The van der Waals surface area contributed by atoms with Crippen LogP contribution in [-0.4, -0.2) is 18.4 Å². The van der Waals surface area contributed by atoms with Crippen LogP contribution in [0, 0.1) is 27.7 Å². The highest BCUT2D eigenvalue weighted by Crippen LogP contribution is 2.27. The summed E-state index contributed by atoms with van der Waals surface area (Å²) >= 11 is 3.16. The maximum atomic E-state index is 12.6. The zero-order valence-corrected chi connectivity index (χ0v) is 14.6. The SMILES string of the molecule is Cc1cc(C)c(C)c(S(=O)(=O)Nc2cnc(Br)cn2)c1C. The molecule has 0 saturated heterocycles. The van der Waals surface area contributed by atoms with Crippen LogP contribution in [0.5, 0.6) is 0 Å². The van der Waals surface area contributed by atoms with Crippen LogP contribution < -0.4 is 4.72 Å². The van der Waals surface area contributed by atoms with Gasteiger partial charge in [0.2, 0.25) is 0 Å². The van der Waals surface area contributed by atoms with E-state index in [1.54, 1.807) is 0 Å². The Bertz CT molecular complexity index is 761. The van der Waals surface area contributed by atoms with Crippen molar-refractivity contribution in [3.8, 4) is 0 Å². The normalized spacial score (nSPS) is 11.5. The first-order valence-corrected chi connectivity index (χ1v) is 8.58. The number of benzene rings is 1. The van der Waals surface area contributed by atoms with E-state index in [4.69, 9.17) is 0 Å². The van der Waals surface area contributed by atoms with E-state index in [-0.39, 0.29) is 5.82 Å². The van der Waals surface area contributed by atoms with Gasteiger partial charge in [-0.3, -0.25) is 4.72 Å². The van der Waals surface area contributed by atoms with E-state index in [2.05, 4.69) is 30.6 Å². The number of anilines is 1. The Balaban J connectivity index is 2.52. The summed E-state index contributed by atoms with van der Waals surface area (Å²) in [6, 6.07) is 1.99. The summed E-state index contributed by atoms with van der Waals surface area (Å²) < 4.78 is 28.3. The van der Waals surface area contributed by atoms with Crippen LogP contribution in [0.2, 0.25) is 0 Å². The van der Waals surface area contributed by atoms with Gasteiger partial charge in [0.15, 0.2) is 5.82 Å². The van der Waals surface area contributed by atoms with Gasteiger partial charge in [0.1, 0.15) is 4.60 Å². The van der Waals surface area contributed by atoms with Gasteiger partial charge in [-0.15, -0.1) is 0 Å². The topological polar surface area (TPSA) is 72.0 Å². The number of halogens is 1. The number of sulfonamides is 1. The van der Waals surface area contributed by atoms with Gasteiger partial charge in [0.25, 0.3) is 10.0 Å². The Morgan fingerprint density at radius 3 is 2.05 bits per heavy atom. The predicted octanol–water partition coefficient (Wildman–Crippen LogP) is 3.27. The number of hydrogen-bond acceptors (Lipinski definition) is 4. The molecule has 0 amide bonds. The van der Waals surface area contributed by atoms with Gasteiger partial charge in [-0.2, -0.15) is 0 Å². The fraction of sp³-hybridized carbons (Fsp3) is 0.286. The summed E-state index contributed by atoms with van der Waals surface area (Å²) in [7, 11) is -3.70. The molecule has 0 spiro atoms. The van der Waals surface area contributed by atoms with E-state index >= 15 is 0 Å². The van der Waals surface area contributed by atoms with Gasteiger partial charge < -0.3 is 0 Å². The van der Waals surface area contributed by atoms with E-state index in [1.807, 2.05) is 33.8 Å². The molecule has 0 bridgehead atoms. The maximum Gasteiger partial charge on any atom is 0.263 e. The average Bonchev–Trinajstić information content (AvgIpc) is 2.39. The lowest BCUT2D eigenvalue weighted by Gasteiger charge is -2.16. The van der Waals surface area contributed by atoms with Crippen molar-refractivity contribution in [2.45, 2.75) is 32.6 Å². The molecule has 21 heavy (non-hydrogen) atoms. The molecule has 0 fully saturated rings. The minimum Gasteiger partial charge on any atom is -0.262 e. The number of aryl methyl sites for hydroxylation is 2. The smallest absolute Gasteiger partial charge is 0.262 e. The van der Waals surface area contributed by atoms with E-state index in [9.17, 15) is 8.42 Å². The molecule has 0 unspecified atom stereocenters. The Kier molecular flexibility index (Phi) is 4.34. The molecule has 0 saturated carbocycles. The number of hydrogen-bond donors (Lipinski definition) is 1. The van der Waals surface area contributed by atoms with Crippen molar-refractivity contribution in [2.24, 2.45) is 0 Å². The highest BCUT2D eigenvalue weighted by Gasteiger charge is 2.22. The van der Waals surface area contributed by atoms with E-state index in [1.165, 1.54) is 12.4 Å². The first-order valence-electron chi connectivity index (χ1n) is 6.30. The second-order valence-electron chi connectivity index (χ2n) is 4.92. The van der Waals surface area contributed by atoms with Gasteiger partial charge in [-0.25, -0.2) is 18.4 Å². The molecule has 1 aromatic carbocycles. The number of nitrogens with one attached hydrogen (secondary N) is 1. The van der Waals surface area contributed by atoms with Crippen LogP contribution in [0.3, 0.4) is 0 Å². The molecule has 1 aromatic heterocycles. The lowest BCUT2D eigenvalue weighted by molar-refractivity contribution is 0.599. The van der Waals surface area contributed by atoms with E-state index < -0.39 is 10.0 Å². The lowest BCUT2D eigenvalue weighted by atomic mass is 10.0. The zero-order chi connectivity index (χ0) is 15.8. The largest absolute Gasteiger partial charge is 0.263 e. The summed E-state index contributed by atoms with van der Waals surface area (Å²) in [4.78, 5) is 8.27. The van der Waals surface area contributed by atoms with Crippen molar-refractivity contribution in [3.63, 3.8) is 0 Å². The van der Waals surface area contributed by atoms with Crippen molar-refractivity contribution in [3.05, 3.63) is 45.3 Å². The quantitative estimate of drug-likeness (QED) is 0.900. The monoisotopic (exact) mass is 369 g/mol. The third-order valence-electron chi connectivity index (χ3n) is 3.43. The summed E-state index contributed by atoms with van der Waals surface area (Å²) in [5.41, 5.74) is 3.38. The first kappa shape index (κ1) is 15.9. The Hall–Kier alpha value is -1.47. The standard InChI is InChI=1S/C14H16BrN3O2S/c1-8-5-9(2)11(4)14(10(8)3)21(19,20)18-13-7-16-12(15)6-17-13/h5-7H,1-4H3,(H,17,18). The molecule has 7 heteroatoms. The van der Waals surface area contributed by atoms with E-state index in [0.29, 0.717) is 9.50 Å². The zero-order valence-electron chi connectivity index (χ0n) is 12.2. The van der Waals surface area contributed by atoms with Crippen molar-refractivity contribution in [2.75, 3.05) is 4.72 Å². The molecule has 0 atom stereocenters. The Morgan fingerprint density at radius 1 is 1.00 bits per heavy atom. The first-order chi connectivity index (χ1) is 9.72. The summed E-state index contributed by atoms with van der Waals surface area (Å²) in [5, 5.41) is 0. The maximum absolute atomic E-state index is 12.6. The van der Waals surface area contributed by atoms with Crippen LogP contribution in [0.4, 0.5) is 5.82 Å². The summed E-state index contributed by atoms with van der Waals surface area (Å²) in [6.45, 7) is 7.42. The van der Waals surface area contributed by atoms with Gasteiger partial charge in [-0.05, 0) is 65.9 Å². The van der Waals surface area contributed by atoms with Gasteiger partial charge >= 0.3 is 0 Å². The highest BCUT2D eigenvalue weighted by atomic mass is 79.9. The molecular weight excluding hydrogens is 354 g/mol. The molecule has 2 aromatic rings. The highest BCUT2D eigenvalue weighted by molar-refractivity contribution is 9.10. The van der Waals surface area contributed by atoms with Crippen LogP contribution in [0.15, 0.2) is 28.0 Å². The Morgan fingerprint density at radius 2 is 1.57 bits per heavy atom. The predicted molar refractivity (Wildman–Crippen MR) is 85.9 cm³/mol. The van der Waals surface area contributed by atoms with Crippen LogP contribution in [0.1, 0.15) is 22.3 Å². The summed E-state index contributed by atoms with van der Waals surface area (Å²) in [5.74, 6) is 0.191. The van der Waals surface area contributed by atoms with Crippen LogP contribution in [0.25, 0.3) is 0 Å². The molecular formula is C14H16BrN3O2S. The van der Waals surface area contributed by atoms with Gasteiger partial charge in [0.05, 0.1) is 17.3 Å². The van der Waals surface area contributed by atoms with Crippen molar-refractivity contribution < 1.29 is 8.42 Å². The van der Waals surface area contributed by atoms with Gasteiger partial charge in [0, 0.05) is 0 Å². The molecule has 0 aliphatic rings. The number of rotatable bonds is 3. The molecule has 1 heterocycles. The second-order valence-corrected chi connectivity index (χ2v) is 7.35.